The molecule has 0 spiro atoms. The minimum Gasteiger partial charge on any atom is -0.508 e. The smallest absolute Gasteiger partial charge is 0.326 e. The van der Waals surface area contributed by atoms with Gasteiger partial charge in [0.2, 0.25) is 53.2 Å². The summed E-state index contributed by atoms with van der Waals surface area (Å²) in [6, 6.07) is -10.9. The molecule has 87 heavy (non-hydrogen) atoms. The fourth-order valence-corrected chi connectivity index (χ4v) is 8.55. The van der Waals surface area contributed by atoms with Gasteiger partial charge in [0, 0.05) is 19.4 Å². The molecule has 0 fully saturated rings. The number of phenolic OH excluding ortho intramolecular Hbond substituents is 1. The second kappa shape index (κ2) is 38.7. The normalized spacial score (nSPS) is 15.4. The summed E-state index contributed by atoms with van der Waals surface area (Å²) in [5, 5.41) is 81.9. The van der Waals surface area contributed by atoms with Crippen molar-refractivity contribution in [2.75, 3.05) is 13.1 Å². The minimum atomic E-state index is -2.16. The van der Waals surface area contributed by atoms with Gasteiger partial charge in [-0.1, -0.05) is 53.7 Å². The Kier molecular flexibility index (Phi) is 34.2. The number of aliphatic carboxylic acids is 3. The number of aliphatic imine (C=N–C) groups is 1. The lowest BCUT2D eigenvalue weighted by Gasteiger charge is -2.29. The molecule has 0 saturated carbocycles. The van der Waals surface area contributed by atoms with Crippen LogP contribution in [0.4, 0.5) is 0 Å². The average Bonchev–Trinajstić information content (AvgIpc) is 2.30. The summed E-state index contributed by atoms with van der Waals surface area (Å²) in [6.45, 7) is 12.5. The summed E-state index contributed by atoms with van der Waals surface area (Å²) in [4.78, 5) is 165. The van der Waals surface area contributed by atoms with Crippen LogP contribution in [0.2, 0.25) is 0 Å². The largest absolute Gasteiger partial charge is 0.508 e. The van der Waals surface area contributed by atoms with Gasteiger partial charge in [-0.15, -0.1) is 0 Å². The number of aromatic hydroxyl groups is 1. The first kappa shape index (κ1) is 76.8. The van der Waals surface area contributed by atoms with Crippen molar-refractivity contribution in [3.8, 4) is 5.75 Å². The summed E-state index contributed by atoms with van der Waals surface area (Å²) in [5.74, 6) is -15.7. The molecular weight excluding hydrogens is 1140 g/mol. The molecule has 0 bridgehead atoms. The second-order valence-electron chi connectivity index (χ2n) is 22.4. The van der Waals surface area contributed by atoms with Gasteiger partial charge in [0.15, 0.2) is 5.96 Å². The Morgan fingerprint density at radius 2 is 0.897 bits per heavy atom. The molecule has 23 N–H and O–H groups in total. The predicted molar refractivity (Wildman–Crippen MR) is 314 cm³/mol. The number of amides is 9. The fraction of sp³-hybridized carbons (Fsp3) is 0.655. The molecule has 0 radical (unpaired) electrons. The van der Waals surface area contributed by atoms with Gasteiger partial charge in [-0.2, -0.15) is 0 Å². The first-order valence-corrected chi connectivity index (χ1v) is 28.6. The lowest BCUT2D eigenvalue weighted by Crippen LogP contribution is -2.63. The van der Waals surface area contributed by atoms with Gasteiger partial charge in [-0.05, 0) is 107 Å². The quantitative estimate of drug-likeness (QED) is 0.0168. The van der Waals surface area contributed by atoms with E-state index in [4.69, 9.17) is 22.9 Å². The van der Waals surface area contributed by atoms with Gasteiger partial charge < -0.3 is 101 Å². The number of phenols is 1. The third-order valence-corrected chi connectivity index (χ3v) is 13.2. The van der Waals surface area contributed by atoms with Crippen LogP contribution < -0.4 is 70.8 Å². The summed E-state index contributed by atoms with van der Waals surface area (Å²) in [7, 11) is 0. The highest BCUT2D eigenvalue weighted by Crippen LogP contribution is 2.15. The number of hydrogen-bond acceptors (Lipinski definition) is 18. The van der Waals surface area contributed by atoms with Gasteiger partial charge >= 0.3 is 17.9 Å². The lowest BCUT2D eigenvalue weighted by molar-refractivity contribution is -0.144. The van der Waals surface area contributed by atoms with Crippen molar-refractivity contribution < 1.29 is 88.2 Å². The molecule has 0 heterocycles. The Morgan fingerprint density at radius 1 is 0.483 bits per heavy atom. The standard InChI is InChI=1S/C55H92N14O18/c1-26(2)22-33(57)45(77)61-34(12-9-10-20-56)46(78)62-35(13-11-21-60-55(58)59)47(79)64-38(24-31-14-16-32(72)17-15-31)49(81)63-36(18-19-40(73)74)48(80)65-39(25-41(75)76)51(83)68-44(30(8)71)53(85)69-43(29(7)70)52(84)66-37(23-27(3)4)50(82)67-42(28(5)6)54(86)87/h14-17,26-30,33-39,42-44,70-72H,9-13,18-25,56-57H2,1-8H3,(H,61,77)(H,62,78)(H,63,81)(H,64,79)(H,65,80)(H,66,84)(H,67,82)(H,68,83)(H,69,85)(H,73,74)(H,75,76)(H,86,87)(H4,58,59,60)/t29-,30-,33+,34+,35+,36+,37+,38+,39+,42+,43+,44+/m1/s1. The zero-order chi connectivity index (χ0) is 66.4. The molecule has 0 aliphatic rings. The van der Waals surface area contributed by atoms with Gasteiger partial charge in [0.1, 0.15) is 60.1 Å². The first-order valence-electron chi connectivity index (χ1n) is 28.6. The van der Waals surface area contributed by atoms with Crippen molar-refractivity contribution in [3.63, 3.8) is 0 Å². The Balaban J connectivity index is 3.71. The number of benzene rings is 1. The zero-order valence-corrected chi connectivity index (χ0v) is 50.5. The molecule has 490 valence electrons. The number of nitrogens with one attached hydrogen (secondary N) is 9. The maximum absolute atomic E-state index is 14.5. The number of aliphatic hydroxyl groups is 2. The molecule has 1 rings (SSSR count). The highest BCUT2D eigenvalue weighted by atomic mass is 16.4. The van der Waals surface area contributed by atoms with Crippen LogP contribution in [0, 0.1) is 17.8 Å². The second-order valence-corrected chi connectivity index (χ2v) is 22.4. The summed E-state index contributed by atoms with van der Waals surface area (Å²) in [5.41, 5.74) is 23.1. The van der Waals surface area contributed by atoms with Crippen molar-refractivity contribution in [3.05, 3.63) is 29.8 Å². The van der Waals surface area contributed by atoms with E-state index in [9.17, 15) is 88.2 Å². The van der Waals surface area contributed by atoms with E-state index in [0.717, 1.165) is 13.8 Å². The average molecular weight is 1240 g/mol. The first-order chi connectivity index (χ1) is 40.6. The number of nitrogens with two attached hydrogens (primary N) is 4. The van der Waals surface area contributed by atoms with E-state index >= 15 is 0 Å². The number of guanidine groups is 1. The van der Waals surface area contributed by atoms with Crippen LogP contribution in [0.25, 0.3) is 0 Å². The molecule has 32 nitrogen and oxygen atoms in total. The summed E-state index contributed by atoms with van der Waals surface area (Å²) in [6.07, 6.45) is -5.70. The third-order valence-electron chi connectivity index (χ3n) is 13.2. The van der Waals surface area contributed by atoms with E-state index in [1.165, 1.54) is 38.1 Å². The van der Waals surface area contributed by atoms with Crippen LogP contribution in [0.1, 0.15) is 125 Å². The highest BCUT2D eigenvalue weighted by molar-refractivity contribution is 5.99. The van der Waals surface area contributed by atoms with E-state index in [2.05, 4.69) is 52.8 Å². The summed E-state index contributed by atoms with van der Waals surface area (Å²) < 4.78 is 0. The monoisotopic (exact) mass is 1240 g/mol. The van der Waals surface area contributed by atoms with E-state index in [1.54, 1.807) is 13.8 Å². The fourth-order valence-electron chi connectivity index (χ4n) is 8.55. The molecule has 0 unspecified atom stereocenters. The number of unbranched alkanes of at least 4 members (excludes halogenated alkanes) is 1. The highest BCUT2D eigenvalue weighted by Gasteiger charge is 2.39. The zero-order valence-electron chi connectivity index (χ0n) is 50.5. The van der Waals surface area contributed by atoms with E-state index in [-0.39, 0.29) is 68.7 Å². The number of carbonyl (C=O) groups is 12. The third kappa shape index (κ3) is 29.6. The maximum atomic E-state index is 14.5. The Bertz CT molecular complexity index is 2510. The van der Waals surface area contributed by atoms with Gasteiger partial charge in [-0.3, -0.25) is 57.7 Å². The molecule has 0 aliphatic heterocycles. The van der Waals surface area contributed by atoms with Crippen molar-refractivity contribution >= 4 is 77.0 Å². The lowest BCUT2D eigenvalue weighted by atomic mass is 9.99. The number of aliphatic hydroxyl groups excluding tert-OH is 2. The Hall–Kier alpha value is -8.23. The van der Waals surface area contributed by atoms with Crippen LogP contribution >= 0.6 is 0 Å². The molecular formula is C55H92N14O18. The van der Waals surface area contributed by atoms with E-state index < -0.39 is 175 Å². The van der Waals surface area contributed by atoms with Crippen LogP contribution in [0.3, 0.4) is 0 Å². The molecule has 1 aromatic rings. The van der Waals surface area contributed by atoms with Crippen LogP contribution in [0.15, 0.2) is 29.3 Å². The van der Waals surface area contributed by atoms with Crippen molar-refractivity contribution in [2.45, 2.75) is 199 Å². The number of carboxylic acids is 3. The topological polar surface area (TPSA) is 551 Å². The van der Waals surface area contributed by atoms with Crippen molar-refractivity contribution in [1.82, 2.24) is 47.9 Å². The number of nitrogens with zero attached hydrogens (tertiary/aromatic N) is 1. The van der Waals surface area contributed by atoms with Crippen molar-refractivity contribution in [1.29, 1.82) is 0 Å². The van der Waals surface area contributed by atoms with Crippen LogP contribution in [-0.2, 0) is 64.0 Å². The molecule has 0 aromatic heterocycles. The minimum absolute atomic E-state index is 0.0239. The number of carboxylic acid groups (broad SMARTS) is 3. The van der Waals surface area contributed by atoms with Crippen LogP contribution in [0.5, 0.6) is 5.75 Å². The number of rotatable bonds is 41. The molecule has 0 aliphatic carbocycles. The molecule has 1 aromatic carbocycles. The molecule has 12 atom stereocenters. The summed E-state index contributed by atoms with van der Waals surface area (Å²) >= 11 is 0. The SMILES string of the molecule is CC(C)C[C@H](NC(=O)[C@@H](NC(=O)[C@@H](NC(=O)[C@H](CC(=O)O)NC(=O)[C@H](CCC(=O)O)NC(=O)[C@H](Cc1ccc(O)cc1)NC(=O)[C@H](CCCN=C(N)N)NC(=O)[C@H](CCCCN)NC(=O)[C@@H](N)CC(C)C)[C@@H](C)O)[C@@H](C)O)C(=O)N[C@H](C(=O)O)C(C)C. The molecule has 0 saturated heterocycles. The Morgan fingerprint density at radius 3 is 1.36 bits per heavy atom. The van der Waals surface area contributed by atoms with Gasteiger partial charge in [-0.25, -0.2) is 4.79 Å². The van der Waals surface area contributed by atoms with Crippen LogP contribution in [-0.4, -0.2) is 193 Å². The van der Waals surface area contributed by atoms with E-state index in [1.807, 2.05) is 13.8 Å². The Labute approximate surface area is 504 Å². The van der Waals surface area contributed by atoms with Gasteiger partial charge in [0.25, 0.3) is 0 Å². The predicted octanol–water partition coefficient (Wildman–Crippen LogP) is -4.26. The number of hydrogen-bond donors (Lipinski definition) is 19. The molecule has 32 heteroatoms. The van der Waals surface area contributed by atoms with Gasteiger partial charge in [0.05, 0.1) is 24.7 Å². The van der Waals surface area contributed by atoms with E-state index in [0.29, 0.717) is 18.4 Å². The number of carbonyl (C=O) groups excluding carboxylic acids is 9. The maximum Gasteiger partial charge on any atom is 0.326 e. The molecule has 9 amide bonds. The van der Waals surface area contributed by atoms with Crippen molar-refractivity contribution in [2.24, 2.45) is 45.7 Å².